The van der Waals surface area contributed by atoms with Crippen molar-refractivity contribution in [2.24, 2.45) is 0 Å². The molecule has 198 valence electrons. The van der Waals surface area contributed by atoms with Crippen LogP contribution >= 0.6 is 0 Å². The number of nitrogens with one attached hydrogen (secondary N) is 1. The number of piperidine rings is 1. The maximum atomic E-state index is 9.80. The van der Waals surface area contributed by atoms with Crippen molar-refractivity contribution in [1.82, 2.24) is 5.32 Å². The van der Waals surface area contributed by atoms with Crippen LogP contribution in [-0.4, -0.2) is 83.6 Å². The minimum Gasteiger partial charge on any atom is -0.497 e. The average Bonchev–Trinajstić information content (AvgIpc) is 2.91. The van der Waals surface area contributed by atoms with Gasteiger partial charge in [-0.3, -0.25) is 0 Å². The molecule has 2 heterocycles. The molecule has 4 atom stereocenters. The minimum absolute atomic E-state index is 0.0300. The van der Waals surface area contributed by atoms with Gasteiger partial charge < -0.3 is 39.0 Å². The lowest BCUT2D eigenvalue weighted by atomic mass is 9.85. The molecule has 2 N–H and O–H groups in total. The highest BCUT2D eigenvalue weighted by atomic mass is 16.5. The van der Waals surface area contributed by atoms with Gasteiger partial charge in [0.1, 0.15) is 18.1 Å². The molecule has 1 fully saturated rings. The lowest BCUT2D eigenvalue weighted by molar-refractivity contribution is -0.0752. The monoisotopic (exact) mass is 500 g/mol. The molecule has 8 nitrogen and oxygen atoms in total. The highest BCUT2D eigenvalue weighted by Crippen LogP contribution is 2.35. The summed E-state index contributed by atoms with van der Waals surface area (Å²) >= 11 is 0. The summed E-state index contributed by atoms with van der Waals surface area (Å²) in [5.74, 6) is 1.77. The van der Waals surface area contributed by atoms with E-state index in [0.717, 1.165) is 61.0 Å². The third-order valence-corrected chi connectivity index (χ3v) is 6.77. The number of nitrogens with zero attached hydrogens (tertiary/aromatic N) is 1. The highest BCUT2D eigenvalue weighted by molar-refractivity contribution is 5.61. The summed E-state index contributed by atoms with van der Waals surface area (Å²) in [6, 6.07) is 14.4. The number of anilines is 1. The molecule has 36 heavy (non-hydrogen) atoms. The molecule has 2 aliphatic rings. The number of fused-ring (bicyclic) bond motifs is 1. The molecule has 1 saturated heterocycles. The van der Waals surface area contributed by atoms with Crippen LogP contribution in [-0.2, 0) is 20.8 Å². The molecule has 0 aromatic heterocycles. The van der Waals surface area contributed by atoms with Crippen LogP contribution in [0.2, 0.25) is 0 Å². The first-order valence-electron chi connectivity index (χ1n) is 12.8. The fourth-order valence-electron chi connectivity index (χ4n) is 4.95. The van der Waals surface area contributed by atoms with E-state index in [4.69, 9.17) is 23.7 Å². The molecule has 0 radical (unpaired) electrons. The molecular weight excluding hydrogens is 460 g/mol. The highest BCUT2D eigenvalue weighted by Gasteiger charge is 2.36. The largest absolute Gasteiger partial charge is 0.497 e. The topological polar surface area (TPSA) is 81.7 Å². The second-order valence-corrected chi connectivity index (χ2v) is 9.51. The first-order valence-corrected chi connectivity index (χ1v) is 12.8. The van der Waals surface area contributed by atoms with Gasteiger partial charge in [0.15, 0.2) is 0 Å². The van der Waals surface area contributed by atoms with Crippen LogP contribution in [0.4, 0.5) is 5.69 Å². The van der Waals surface area contributed by atoms with E-state index in [1.165, 1.54) is 0 Å². The van der Waals surface area contributed by atoms with E-state index in [2.05, 4.69) is 34.5 Å². The normalized spacial score (nSPS) is 22.6. The molecule has 2 aromatic carbocycles. The van der Waals surface area contributed by atoms with Gasteiger partial charge in [-0.1, -0.05) is 18.2 Å². The van der Waals surface area contributed by atoms with Crippen LogP contribution in [0.3, 0.4) is 0 Å². The van der Waals surface area contributed by atoms with Gasteiger partial charge in [0.25, 0.3) is 0 Å². The molecule has 0 saturated carbocycles. The summed E-state index contributed by atoms with van der Waals surface area (Å²) in [6.45, 7) is 7.19. The molecule has 2 aromatic rings. The third-order valence-electron chi connectivity index (χ3n) is 6.77. The average molecular weight is 501 g/mol. The Morgan fingerprint density at radius 2 is 1.86 bits per heavy atom. The van der Waals surface area contributed by atoms with Crippen LogP contribution in [0.1, 0.15) is 30.4 Å². The van der Waals surface area contributed by atoms with Crippen LogP contribution in [0.5, 0.6) is 11.5 Å². The van der Waals surface area contributed by atoms with Crippen LogP contribution in [0.25, 0.3) is 0 Å². The van der Waals surface area contributed by atoms with E-state index in [-0.39, 0.29) is 24.7 Å². The quantitative estimate of drug-likeness (QED) is 0.431. The molecule has 0 spiro atoms. The second-order valence-electron chi connectivity index (χ2n) is 9.51. The van der Waals surface area contributed by atoms with Crippen molar-refractivity contribution in [3.8, 4) is 11.5 Å². The Labute approximate surface area is 214 Å². The van der Waals surface area contributed by atoms with Gasteiger partial charge in [0.2, 0.25) is 0 Å². The molecule has 0 amide bonds. The lowest BCUT2D eigenvalue weighted by Crippen LogP contribution is -2.51. The Bertz CT molecular complexity index is 938. The first-order chi connectivity index (χ1) is 17.6. The van der Waals surface area contributed by atoms with Crippen LogP contribution < -0.4 is 19.7 Å². The maximum absolute atomic E-state index is 9.80. The summed E-state index contributed by atoms with van der Waals surface area (Å²) in [4.78, 5) is 2.36. The van der Waals surface area contributed by atoms with E-state index in [1.807, 2.05) is 18.2 Å². The standard InChI is InChI=1S/C28H40N2O6/c1-20(31)18-35-26-16-29-17-27(28(26)22-6-8-23(33-3)9-7-22)36-19-21-5-10-25-24(15-21)30(12-14-34-25)11-4-13-32-2/h5-10,15,20,26-29,31H,4,11-14,16-19H2,1-3H3/t20-,26-,27+,28+/m1/s1. The van der Waals surface area contributed by atoms with Crippen molar-refractivity contribution in [3.63, 3.8) is 0 Å². The van der Waals surface area contributed by atoms with Crippen molar-refractivity contribution >= 4 is 5.69 Å². The van der Waals surface area contributed by atoms with Gasteiger partial charge >= 0.3 is 0 Å². The number of aliphatic hydroxyl groups excluding tert-OH is 1. The fourth-order valence-corrected chi connectivity index (χ4v) is 4.95. The number of methoxy groups -OCH3 is 2. The molecule has 8 heteroatoms. The number of hydrogen-bond acceptors (Lipinski definition) is 8. The molecule has 0 bridgehead atoms. The van der Waals surface area contributed by atoms with Gasteiger partial charge in [-0.25, -0.2) is 0 Å². The fraction of sp³-hybridized carbons (Fsp3) is 0.571. The third kappa shape index (κ3) is 6.89. The Balaban J connectivity index is 1.48. The number of rotatable bonds is 12. The summed E-state index contributed by atoms with van der Waals surface area (Å²) < 4.78 is 29.1. The number of aliphatic hydroxyl groups is 1. The first kappa shape index (κ1) is 26.7. The number of hydrogen-bond donors (Lipinski definition) is 2. The van der Waals surface area contributed by atoms with Gasteiger partial charge in [0.05, 0.1) is 50.9 Å². The predicted octanol–water partition coefficient (Wildman–Crippen LogP) is 2.97. The lowest BCUT2D eigenvalue weighted by Gasteiger charge is -2.39. The minimum atomic E-state index is -0.521. The number of ether oxygens (including phenoxy) is 5. The van der Waals surface area contributed by atoms with E-state index in [0.29, 0.717) is 19.8 Å². The van der Waals surface area contributed by atoms with E-state index < -0.39 is 6.10 Å². The summed E-state index contributed by atoms with van der Waals surface area (Å²) in [5.41, 5.74) is 3.36. The Morgan fingerprint density at radius 3 is 2.58 bits per heavy atom. The predicted molar refractivity (Wildman–Crippen MR) is 139 cm³/mol. The Hall–Kier alpha value is -2.36. The van der Waals surface area contributed by atoms with Crippen molar-refractivity contribution in [3.05, 3.63) is 53.6 Å². The van der Waals surface area contributed by atoms with Crippen molar-refractivity contribution in [2.75, 3.05) is 65.1 Å². The zero-order chi connectivity index (χ0) is 25.3. The second kappa shape index (κ2) is 13.3. The molecule has 0 unspecified atom stereocenters. The van der Waals surface area contributed by atoms with Crippen molar-refractivity contribution < 1.29 is 28.8 Å². The van der Waals surface area contributed by atoms with Gasteiger partial charge in [0, 0.05) is 39.3 Å². The van der Waals surface area contributed by atoms with Gasteiger partial charge in [-0.2, -0.15) is 0 Å². The van der Waals surface area contributed by atoms with Crippen LogP contribution in [0, 0.1) is 0 Å². The van der Waals surface area contributed by atoms with Crippen molar-refractivity contribution in [2.45, 2.75) is 44.2 Å². The van der Waals surface area contributed by atoms with Crippen molar-refractivity contribution in [1.29, 1.82) is 0 Å². The Kier molecular flexibility index (Phi) is 9.83. The molecule has 0 aliphatic carbocycles. The SMILES string of the molecule is COCCCN1CCOc2ccc(CO[C@H]3CNC[C@@H](OC[C@@H](C)O)[C@@H]3c3ccc(OC)cc3)cc21. The smallest absolute Gasteiger partial charge is 0.142 e. The van der Waals surface area contributed by atoms with Gasteiger partial charge in [-0.05, 0) is 48.7 Å². The molecular formula is C28H40N2O6. The van der Waals surface area contributed by atoms with E-state index >= 15 is 0 Å². The number of benzene rings is 2. The summed E-state index contributed by atoms with van der Waals surface area (Å²) in [7, 11) is 3.41. The zero-order valence-corrected chi connectivity index (χ0v) is 21.7. The summed E-state index contributed by atoms with van der Waals surface area (Å²) in [5, 5.41) is 13.3. The summed E-state index contributed by atoms with van der Waals surface area (Å²) in [6.07, 6.45) is 0.255. The molecule has 4 rings (SSSR count). The van der Waals surface area contributed by atoms with E-state index in [1.54, 1.807) is 21.1 Å². The molecule has 2 aliphatic heterocycles. The van der Waals surface area contributed by atoms with Crippen LogP contribution in [0.15, 0.2) is 42.5 Å². The zero-order valence-electron chi connectivity index (χ0n) is 21.7. The van der Waals surface area contributed by atoms with E-state index in [9.17, 15) is 5.11 Å². The Morgan fingerprint density at radius 1 is 1.08 bits per heavy atom. The maximum Gasteiger partial charge on any atom is 0.142 e. The van der Waals surface area contributed by atoms with Gasteiger partial charge in [-0.15, -0.1) is 0 Å².